The summed E-state index contributed by atoms with van der Waals surface area (Å²) in [6.07, 6.45) is 0. The van der Waals surface area contributed by atoms with Crippen LogP contribution in [-0.4, -0.2) is 0 Å². The number of halogens is 2. The molecule has 0 bridgehead atoms. The maximum atomic E-state index is 13.0. The van der Waals surface area contributed by atoms with E-state index in [1.807, 2.05) is 0 Å². The molecule has 2 aromatic rings. The number of rotatable bonds is 4. The molecule has 0 radical (unpaired) electrons. The average Bonchev–Trinajstić information content (AvgIpc) is 2.38. The third kappa shape index (κ3) is 3.88. The molecule has 0 heterocycles. The summed E-state index contributed by atoms with van der Waals surface area (Å²) in [7, 11) is 0. The van der Waals surface area contributed by atoms with Gasteiger partial charge in [-0.2, -0.15) is 0 Å². The first kappa shape index (κ1) is 14.2. The Morgan fingerprint density at radius 3 is 2.47 bits per heavy atom. The molecule has 2 rings (SSSR count). The van der Waals surface area contributed by atoms with E-state index in [0.29, 0.717) is 6.54 Å². The highest BCUT2D eigenvalue weighted by Crippen LogP contribution is 2.19. The van der Waals surface area contributed by atoms with Crippen LogP contribution in [0.3, 0.4) is 0 Å². The zero-order valence-corrected chi connectivity index (χ0v) is 12.7. The van der Waals surface area contributed by atoms with Crippen molar-refractivity contribution in [3.05, 3.63) is 69.4 Å². The predicted molar refractivity (Wildman–Crippen MR) is 80.5 cm³/mol. The predicted octanol–water partition coefficient (Wildman–Crippen LogP) is 4.75. The minimum atomic E-state index is -0.220. The fourth-order valence-electron chi connectivity index (χ4n) is 1.90. The van der Waals surface area contributed by atoms with Crippen LogP contribution in [0.25, 0.3) is 0 Å². The van der Waals surface area contributed by atoms with Gasteiger partial charge in [-0.15, -0.1) is 0 Å². The highest BCUT2D eigenvalue weighted by Gasteiger charge is 2.06. The highest BCUT2D eigenvalue weighted by molar-refractivity contribution is 9.10. The van der Waals surface area contributed by atoms with Crippen molar-refractivity contribution in [2.45, 2.75) is 26.4 Å². The van der Waals surface area contributed by atoms with Crippen LogP contribution in [0.1, 0.15) is 29.7 Å². The smallest absolute Gasteiger partial charge is 0.124 e. The van der Waals surface area contributed by atoms with Crippen molar-refractivity contribution in [3.63, 3.8) is 0 Å². The second-order valence-corrected chi connectivity index (χ2v) is 5.60. The molecule has 0 amide bonds. The Balaban J connectivity index is 2.00. The standard InChI is InChI=1S/C16H17BrFN/c1-11-3-5-13(6-4-11)12(2)19-10-14-7-8-15(18)9-16(14)17/h3-9,12,19H,10H2,1-2H3/t12-/m0/s1. The van der Waals surface area contributed by atoms with Crippen molar-refractivity contribution in [3.8, 4) is 0 Å². The van der Waals surface area contributed by atoms with Crippen LogP contribution in [0.15, 0.2) is 46.9 Å². The van der Waals surface area contributed by atoms with E-state index in [2.05, 4.69) is 59.4 Å². The first-order chi connectivity index (χ1) is 9.06. The van der Waals surface area contributed by atoms with Gasteiger partial charge in [0.1, 0.15) is 5.82 Å². The van der Waals surface area contributed by atoms with Gasteiger partial charge in [0.05, 0.1) is 0 Å². The van der Waals surface area contributed by atoms with Gasteiger partial charge < -0.3 is 5.32 Å². The lowest BCUT2D eigenvalue weighted by atomic mass is 10.1. The Hall–Kier alpha value is -1.19. The summed E-state index contributed by atoms with van der Waals surface area (Å²) in [5.74, 6) is -0.220. The van der Waals surface area contributed by atoms with Crippen LogP contribution in [0, 0.1) is 12.7 Å². The van der Waals surface area contributed by atoms with Crippen LogP contribution >= 0.6 is 15.9 Å². The molecule has 3 heteroatoms. The molecular weight excluding hydrogens is 305 g/mol. The summed E-state index contributed by atoms with van der Waals surface area (Å²) >= 11 is 3.38. The second kappa shape index (κ2) is 6.31. The van der Waals surface area contributed by atoms with Crippen molar-refractivity contribution < 1.29 is 4.39 Å². The Bertz CT molecular complexity index is 551. The fourth-order valence-corrected chi connectivity index (χ4v) is 2.39. The van der Waals surface area contributed by atoms with E-state index < -0.39 is 0 Å². The molecule has 0 saturated heterocycles. The minimum absolute atomic E-state index is 0.220. The van der Waals surface area contributed by atoms with E-state index in [9.17, 15) is 4.39 Å². The van der Waals surface area contributed by atoms with Crippen molar-refractivity contribution in [1.82, 2.24) is 5.32 Å². The molecule has 100 valence electrons. The van der Waals surface area contributed by atoms with Crippen molar-refractivity contribution >= 4 is 15.9 Å². The van der Waals surface area contributed by atoms with Crippen LogP contribution in [0.2, 0.25) is 0 Å². The summed E-state index contributed by atoms with van der Waals surface area (Å²) in [4.78, 5) is 0. The minimum Gasteiger partial charge on any atom is -0.306 e. The van der Waals surface area contributed by atoms with Crippen LogP contribution in [0.5, 0.6) is 0 Å². The van der Waals surface area contributed by atoms with Gasteiger partial charge in [0.15, 0.2) is 0 Å². The molecule has 1 atom stereocenters. The number of hydrogen-bond donors (Lipinski definition) is 1. The summed E-state index contributed by atoms with van der Waals surface area (Å²) in [6.45, 7) is 4.91. The molecule has 0 fully saturated rings. The maximum absolute atomic E-state index is 13.0. The third-order valence-corrected chi connectivity index (χ3v) is 3.93. The van der Waals surface area contributed by atoms with Crippen molar-refractivity contribution in [2.24, 2.45) is 0 Å². The normalized spacial score (nSPS) is 12.4. The monoisotopic (exact) mass is 321 g/mol. The number of hydrogen-bond acceptors (Lipinski definition) is 1. The Labute approximate surface area is 122 Å². The Morgan fingerprint density at radius 2 is 1.84 bits per heavy atom. The summed E-state index contributed by atoms with van der Waals surface area (Å²) in [5.41, 5.74) is 3.57. The lowest BCUT2D eigenvalue weighted by Gasteiger charge is -2.15. The van der Waals surface area contributed by atoms with Gasteiger partial charge >= 0.3 is 0 Å². The third-order valence-electron chi connectivity index (χ3n) is 3.19. The van der Waals surface area contributed by atoms with Gasteiger partial charge in [-0.3, -0.25) is 0 Å². The molecule has 0 spiro atoms. The summed E-state index contributed by atoms with van der Waals surface area (Å²) in [5, 5.41) is 3.44. The molecule has 19 heavy (non-hydrogen) atoms. The quantitative estimate of drug-likeness (QED) is 0.857. The van der Waals surface area contributed by atoms with E-state index in [-0.39, 0.29) is 11.9 Å². The topological polar surface area (TPSA) is 12.0 Å². The summed E-state index contributed by atoms with van der Waals surface area (Å²) in [6, 6.07) is 13.5. The number of aryl methyl sites for hydroxylation is 1. The van der Waals surface area contributed by atoms with E-state index in [1.165, 1.54) is 23.3 Å². The second-order valence-electron chi connectivity index (χ2n) is 4.75. The summed E-state index contributed by atoms with van der Waals surface area (Å²) < 4.78 is 13.8. The molecule has 0 aliphatic rings. The van der Waals surface area contributed by atoms with Gasteiger partial charge in [0.25, 0.3) is 0 Å². The molecule has 0 unspecified atom stereocenters. The molecule has 1 N–H and O–H groups in total. The first-order valence-electron chi connectivity index (χ1n) is 6.30. The largest absolute Gasteiger partial charge is 0.306 e. The van der Waals surface area contributed by atoms with Gasteiger partial charge in [-0.05, 0) is 37.1 Å². The molecule has 0 saturated carbocycles. The zero-order valence-electron chi connectivity index (χ0n) is 11.1. The average molecular weight is 322 g/mol. The van der Waals surface area contributed by atoms with Gasteiger partial charge in [0, 0.05) is 17.1 Å². The molecule has 1 nitrogen and oxygen atoms in total. The Kier molecular flexibility index (Phi) is 4.72. The maximum Gasteiger partial charge on any atom is 0.124 e. The lowest BCUT2D eigenvalue weighted by molar-refractivity contribution is 0.571. The van der Waals surface area contributed by atoms with E-state index in [1.54, 1.807) is 6.07 Å². The zero-order chi connectivity index (χ0) is 13.8. The number of benzene rings is 2. The molecule has 2 aromatic carbocycles. The number of nitrogens with one attached hydrogen (secondary N) is 1. The van der Waals surface area contributed by atoms with Gasteiger partial charge in [-0.1, -0.05) is 51.8 Å². The lowest BCUT2D eigenvalue weighted by Crippen LogP contribution is -2.18. The van der Waals surface area contributed by atoms with Gasteiger partial charge in [0.2, 0.25) is 0 Å². The van der Waals surface area contributed by atoms with E-state index in [4.69, 9.17) is 0 Å². The molecular formula is C16H17BrFN. The first-order valence-corrected chi connectivity index (χ1v) is 7.09. The van der Waals surface area contributed by atoms with Crippen molar-refractivity contribution in [1.29, 1.82) is 0 Å². The van der Waals surface area contributed by atoms with E-state index >= 15 is 0 Å². The Morgan fingerprint density at radius 1 is 1.16 bits per heavy atom. The van der Waals surface area contributed by atoms with Crippen LogP contribution < -0.4 is 5.32 Å². The molecule has 0 aromatic heterocycles. The van der Waals surface area contributed by atoms with E-state index in [0.717, 1.165) is 10.0 Å². The molecule has 0 aliphatic carbocycles. The van der Waals surface area contributed by atoms with Crippen molar-refractivity contribution in [2.75, 3.05) is 0 Å². The SMILES string of the molecule is Cc1ccc([C@H](C)NCc2ccc(F)cc2Br)cc1. The fraction of sp³-hybridized carbons (Fsp3) is 0.250. The van der Waals surface area contributed by atoms with Crippen LogP contribution in [0.4, 0.5) is 4.39 Å². The van der Waals surface area contributed by atoms with Gasteiger partial charge in [-0.25, -0.2) is 4.39 Å². The highest BCUT2D eigenvalue weighted by atomic mass is 79.9. The molecule has 0 aliphatic heterocycles. The van der Waals surface area contributed by atoms with Crippen LogP contribution in [-0.2, 0) is 6.54 Å².